The fourth-order valence-electron chi connectivity index (χ4n) is 3.56. The van der Waals surface area contributed by atoms with Gasteiger partial charge >= 0.3 is 5.97 Å². The van der Waals surface area contributed by atoms with Crippen molar-refractivity contribution in [3.05, 3.63) is 81.7 Å². The first-order chi connectivity index (χ1) is 15.5. The molecule has 32 heavy (non-hydrogen) atoms. The summed E-state index contributed by atoms with van der Waals surface area (Å²) in [6.45, 7) is 2.14. The van der Waals surface area contributed by atoms with Crippen molar-refractivity contribution in [1.29, 1.82) is 0 Å². The van der Waals surface area contributed by atoms with Gasteiger partial charge in [-0.2, -0.15) is 0 Å². The van der Waals surface area contributed by atoms with Crippen LogP contribution < -0.4 is 10.9 Å². The van der Waals surface area contributed by atoms with E-state index in [0.29, 0.717) is 15.9 Å². The molecule has 0 saturated carbocycles. The standard InChI is InChI=1S/C24H21N3O4S/c1-15-20(16-8-4-3-5-9-16)21-22(32-15)25-14-27(23(21)29)13-12-19(28)26-18-11-7-6-10-17(18)24(30)31-2/h3-11,14H,12-13H2,1-2H3,(H,26,28). The molecule has 0 spiro atoms. The highest BCUT2D eigenvalue weighted by atomic mass is 32.1. The number of rotatable bonds is 6. The molecule has 8 heteroatoms. The predicted octanol–water partition coefficient (Wildman–Crippen LogP) is 4.25. The molecule has 2 heterocycles. The zero-order valence-electron chi connectivity index (χ0n) is 17.6. The fraction of sp³-hybridized carbons (Fsp3) is 0.167. The van der Waals surface area contributed by atoms with Crippen molar-refractivity contribution in [3.63, 3.8) is 0 Å². The molecule has 0 unspecified atom stereocenters. The number of ether oxygens (including phenoxy) is 1. The number of thiophene rings is 1. The normalized spacial score (nSPS) is 10.8. The zero-order valence-corrected chi connectivity index (χ0v) is 18.4. The van der Waals surface area contributed by atoms with Gasteiger partial charge in [-0.1, -0.05) is 42.5 Å². The molecule has 0 aliphatic heterocycles. The summed E-state index contributed by atoms with van der Waals surface area (Å²) in [4.78, 5) is 43.8. The van der Waals surface area contributed by atoms with E-state index in [9.17, 15) is 14.4 Å². The molecule has 0 atom stereocenters. The van der Waals surface area contributed by atoms with Crippen LogP contribution in [0.2, 0.25) is 0 Å². The van der Waals surface area contributed by atoms with Crippen LogP contribution in [0.5, 0.6) is 0 Å². The summed E-state index contributed by atoms with van der Waals surface area (Å²) in [5, 5.41) is 3.29. The number of benzene rings is 2. The van der Waals surface area contributed by atoms with E-state index in [2.05, 4.69) is 10.3 Å². The molecule has 4 aromatic rings. The Labute approximate surface area is 188 Å². The quantitative estimate of drug-likeness (QED) is 0.446. The highest BCUT2D eigenvalue weighted by molar-refractivity contribution is 7.19. The van der Waals surface area contributed by atoms with Gasteiger partial charge in [0.2, 0.25) is 5.91 Å². The van der Waals surface area contributed by atoms with Crippen LogP contribution in [0.25, 0.3) is 21.3 Å². The van der Waals surface area contributed by atoms with Crippen LogP contribution in [0, 0.1) is 6.92 Å². The number of carbonyl (C=O) groups is 2. The van der Waals surface area contributed by atoms with Crippen LogP contribution in [-0.2, 0) is 16.1 Å². The molecule has 0 fully saturated rings. The Morgan fingerprint density at radius 3 is 2.56 bits per heavy atom. The summed E-state index contributed by atoms with van der Waals surface area (Å²) in [7, 11) is 1.28. The van der Waals surface area contributed by atoms with E-state index >= 15 is 0 Å². The SMILES string of the molecule is COC(=O)c1ccccc1NC(=O)CCn1cnc2sc(C)c(-c3ccccc3)c2c1=O. The van der Waals surface area contributed by atoms with Gasteiger partial charge < -0.3 is 10.1 Å². The monoisotopic (exact) mass is 447 g/mol. The predicted molar refractivity (Wildman–Crippen MR) is 125 cm³/mol. The summed E-state index contributed by atoms with van der Waals surface area (Å²) >= 11 is 1.48. The number of nitrogens with zero attached hydrogens (tertiary/aromatic N) is 2. The first kappa shape index (κ1) is 21.5. The molecule has 0 radical (unpaired) electrons. The Kier molecular flexibility index (Phi) is 6.13. The maximum atomic E-state index is 13.2. The van der Waals surface area contributed by atoms with Gasteiger partial charge in [-0.25, -0.2) is 9.78 Å². The third-order valence-electron chi connectivity index (χ3n) is 5.10. The van der Waals surface area contributed by atoms with Gasteiger partial charge in [0.1, 0.15) is 4.83 Å². The minimum atomic E-state index is -0.534. The molecule has 162 valence electrons. The Morgan fingerprint density at radius 2 is 1.81 bits per heavy atom. The number of hydrogen-bond acceptors (Lipinski definition) is 6. The second-order valence-corrected chi connectivity index (χ2v) is 8.36. The number of nitrogens with one attached hydrogen (secondary N) is 1. The maximum Gasteiger partial charge on any atom is 0.339 e. The molecule has 1 amide bonds. The van der Waals surface area contributed by atoms with Gasteiger partial charge in [-0.15, -0.1) is 11.3 Å². The van der Waals surface area contributed by atoms with Crippen molar-refractivity contribution in [2.24, 2.45) is 0 Å². The van der Waals surface area contributed by atoms with E-state index < -0.39 is 5.97 Å². The van der Waals surface area contributed by atoms with Gasteiger partial charge in [0.25, 0.3) is 5.56 Å². The lowest BCUT2D eigenvalue weighted by Gasteiger charge is -2.10. The first-order valence-electron chi connectivity index (χ1n) is 10.0. The van der Waals surface area contributed by atoms with Crippen LogP contribution in [0.15, 0.2) is 65.7 Å². The smallest absolute Gasteiger partial charge is 0.339 e. The molecular weight excluding hydrogens is 426 g/mol. The van der Waals surface area contributed by atoms with Crippen molar-refractivity contribution in [2.45, 2.75) is 19.9 Å². The molecule has 2 aromatic carbocycles. The minimum Gasteiger partial charge on any atom is -0.465 e. The third-order valence-corrected chi connectivity index (χ3v) is 6.12. The molecule has 1 N–H and O–H groups in total. The van der Waals surface area contributed by atoms with Gasteiger partial charge in [-0.3, -0.25) is 14.2 Å². The molecule has 0 aliphatic rings. The second-order valence-electron chi connectivity index (χ2n) is 7.16. The summed E-state index contributed by atoms with van der Waals surface area (Å²) in [5.74, 6) is -0.855. The summed E-state index contributed by atoms with van der Waals surface area (Å²) < 4.78 is 6.20. The van der Waals surface area contributed by atoms with E-state index in [4.69, 9.17) is 4.74 Å². The van der Waals surface area contributed by atoms with E-state index in [1.54, 1.807) is 24.3 Å². The molecule has 0 saturated heterocycles. The number of fused-ring (bicyclic) bond motifs is 1. The highest BCUT2D eigenvalue weighted by Crippen LogP contribution is 2.35. The lowest BCUT2D eigenvalue weighted by atomic mass is 10.0. The van der Waals surface area contributed by atoms with Crippen molar-refractivity contribution in [1.82, 2.24) is 9.55 Å². The van der Waals surface area contributed by atoms with Crippen LogP contribution in [0.3, 0.4) is 0 Å². The Morgan fingerprint density at radius 1 is 1.09 bits per heavy atom. The third kappa shape index (κ3) is 4.17. The number of anilines is 1. The average molecular weight is 448 g/mol. The van der Waals surface area contributed by atoms with E-state index in [1.165, 1.54) is 29.3 Å². The molecule has 4 rings (SSSR count). The number of para-hydroxylation sites is 1. The topological polar surface area (TPSA) is 90.3 Å². The Hall–Kier alpha value is -3.78. The number of esters is 1. The molecule has 7 nitrogen and oxygen atoms in total. The van der Waals surface area contributed by atoms with Crippen LogP contribution in [-0.4, -0.2) is 28.5 Å². The van der Waals surface area contributed by atoms with Gasteiger partial charge in [-0.05, 0) is 24.6 Å². The number of methoxy groups -OCH3 is 1. The summed E-state index contributed by atoms with van der Waals surface area (Å²) in [5.41, 5.74) is 2.30. The van der Waals surface area contributed by atoms with E-state index in [0.717, 1.165) is 16.0 Å². The lowest BCUT2D eigenvalue weighted by molar-refractivity contribution is -0.116. The van der Waals surface area contributed by atoms with Crippen LogP contribution in [0.4, 0.5) is 5.69 Å². The van der Waals surface area contributed by atoms with Crippen molar-refractivity contribution < 1.29 is 14.3 Å². The summed E-state index contributed by atoms with van der Waals surface area (Å²) in [6, 6.07) is 16.4. The van der Waals surface area contributed by atoms with Gasteiger partial charge in [0, 0.05) is 23.4 Å². The molecule has 0 bridgehead atoms. The van der Waals surface area contributed by atoms with Crippen LogP contribution >= 0.6 is 11.3 Å². The second kappa shape index (κ2) is 9.15. The minimum absolute atomic E-state index is 0.0480. The van der Waals surface area contributed by atoms with Gasteiger partial charge in [0.15, 0.2) is 0 Å². The number of aromatic nitrogens is 2. The lowest BCUT2D eigenvalue weighted by Crippen LogP contribution is -2.24. The molecule has 0 aliphatic carbocycles. The largest absolute Gasteiger partial charge is 0.465 e. The highest BCUT2D eigenvalue weighted by Gasteiger charge is 2.18. The molecular formula is C24H21N3O4S. The number of carbonyl (C=O) groups excluding carboxylic acids is 2. The summed E-state index contributed by atoms with van der Waals surface area (Å²) in [6.07, 6.45) is 1.53. The van der Waals surface area contributed by atoms with Crippen molar-refractivity contribution >= 4 is 39.1 Å². The number of hydrogen-bond donors (Lipinski definition) is 1. The maximum absolute atomic E-state index is 13.2. The first-order valence-corrected chi connectivity index (χ1v) is 10.8. The van der Waals surface area contributed by atoms with Crippen molar-refractivity contribution in [3.8, 4) is 11.1 Å². The Bertz CT molecular complexity index is 1360. The molecule has 2 aromatic heterocycles. The van der Waals surface area contributed by atoms with Crippen LogP contribution in [0.1, 0.15) is 21.7 Å². The number of amides is 1. The van der Waals surface area contributed by atoms with E-state index in [-0.39, 0.29) is 30.0 Å². The average Bonchev–Trinajstić information content (AvgIpc) is 3.15. The Balaban J connectivity index is 1.57. The fourth-order valence-corrected chi connectivity index (χ4v) is 4.57. The van der Waals surface area contributed by atoms with E-state index in [1.807, 2.05) is 37.3 Å². The number of aryl methyl sites for hydroxylation is 2. The van der Waals surface area contributed by atoms with Crippen molar-refractivity contribution in [2.75, 3.05) is 12.4 Å². The zero-order chi connectivity index (χ0) is 22.7. The van der Waals surface area contributed by atoms with Gasteiger partial charge in [0.05, 0.1) is 30.1 Å².